The first-order valence-corrected chi connectivity index (χ1v) is 11.5. The van der Waals surface area contributed by atoms with Gasteiger partial charge in [0, 0.05) is 37.1 Å². The summed E-state index contributed by atoms with van der Waals surface area (Å²) in [6.07, 6.45) is 7.46. The molecule has 0 spiro atoms. The molecule has 1 saturated carbocycles. The Kier molecular flexibility index (Phi) is 4.51. The number of rotatable bonds is 4. The molecule has 1 aromatic carbocycles. The van der Waals surface area contributed by atoms with Gasteiger partial charge >= 0.3 is 0 Å². The second-order valence-electron chi connectivity index (χ2n) is 9.70. The van der Waals surface area contributed by atoms with Crippen LogP contribution in [-0.4, -0.2) is 69.6 Å². The van der Waals surface area contributed by atoms with Gasteiger partial charge in [-0.25, -0.2) is 14.6 Å². The van der Waals surface area contributed by atoms with Crippen molar-refractivity contribution in [3.05, 3.63) is 42.4 Å². The number of benzene rings is 1. The number of hydrogen-bond acceptors (Lipinski definition) is 6. The molecule has 4 heterocycles. The van der Waals surface area contributed by atoms with E-state index in [2.05, 4.69) is 63.0 Å². The normalized spacial score (nSPS) is 24.2. The smallest absolute Gasteiger partial charge is 0.159 e. The molecule has 31 heavy (non-hydrogen) atoms. The Bertz CT molecular complexity index is 1100. The first-order valence-electron chi connectivity index (χ1n) is 11.5. The summed E-state index contributed by atoms with van der Waals surface area (Å²) in [7, 11) is 0. The maximum atomic E-state index is 5.39. The van der Waals surface area contributed by atoms with Crippen LogP contribution >= 0.6 is 0 Å². The second kappa shape index (κ2) is 7.28. The van der Waals surface area contributed by atoms with Crippen LogP contribution in [0, 0.1) is 0 Å². The zero-order valence-electron chi connectivity index (χ0n) is 18.4. The van der Waals surface area contributed by atoms with Crippen LogP contribution in [0.5, 0.6) is 0 Å². The van der Waals surface area contributed by atoms with Gasteiger partial charge in [-0.3, -0.25) is 4.90 Å². The molecule has 0 radical (unpaired) electrons. The molecule has 0 bridgehead atoms. The van der Waals surface area contributed by atoms with Crippen molar-refractivity contribution in [3.63, 3.8) is 0 Å². The molecule has 2 aromatic heterocycles. The molecule has 0 amide bonds. The number of aromatic nitrogens is 4. The van der Waals surface area contributed by atoms with Crippen LogP contribution in [0.2, 0.25) is 0 Å². The molecule has 3 aliphatic rings. The van der Waals surface area contributed by atoms with Crippen LogP contribution in [0.3, 0.4) is 0 Å². The van der Waals surface area contributed by atoms with Crippen LogP contribution in [0.15, 0.2) is 36.8 Å². The monoisotopic (exact) mass is 418 g/mol. The van der Waals surface area contributed by atoms with Gasteiger partial charge in [-0.15, -0.1) is 0 Å². The second-order valence-corrected chi connectivity index (χ2v) is 9.70. The highest BCUT2D eigenvalue weighted by atomic mass is 16.5. The van der Waals surface area contributed by atoms with E-state index in [1.54, 1.807) is 6.33 Å². The van der Waals surface area contributed by atoms with Crippen LogP contribution in [-0.2, 0) is 10.2 Å². The fourth-order valence-electron chi connectivity index (χ4n) is 5.34. The average molecular weight is 419 g/mol. The lowest BCUT2D eigenvalue weighted by molar-refractivity contribution is -0.0793. The van der Waals surface area contributed by atoms with Crippen molar-refractivity contribution in [3.8, 4) is 5.82 Å². The molecule has 2 aliphatic heterocycles. The average Bonchev–Trinajstić information content (AvgIpc) is 3.15. The van der Waals surface area contributed by atoms with Gasteiger partial charge in [0.1, 0.15) is 12.1 Å². The van der Waals surface area contributed by atoms with Crippen molar-refractivity contribution in [2.24, 2.45) is 0 Å². The number of anilines is 1. The van der Waals surface area contributed by atoms with E-state index in [0.717, 1.165) is 55.4 Å². The van der Waals surface area contributed by atoms with Gasteiger partial charge in [0.25, 0.3) is 0 Å². The molecule has 1 aliphatic carbocycles. The summed E-state index contributed by atoms with van der Waals surface area (Å²) in [5.41, 5.74) is 2.84. The lowest BCUT2D eigenvalue weighted by Gasteiger charge is -2.46. The summed E-state index contributed by atoms with van der Waals surface area (Å²) in [4.78, 5) is 14.1. The van der Waals surface area contributed by atoms with E-state index in [0.29, 0.717) is 17.5 Å². The Morgan fingerprint density at radius 3 is 2.61 bits per heavy atom. The largest absolute Gasteiger partial charge is 0.378 e. The minimum absolute atomic E-state index is 0.307. The summed E-state index contributed by atoms with van der Waals surface area (Å²) in [6.45, 7) is 9.40. The third-order valence-electron chi connectivity index (χ3n) is 7.67. The molecule has 3 fully saturated rings. The van der Waals surface area contributed by atoms with Crippen molar-refractivity contribution in [2.45, 2.75) is 50.6 Å². The van der Waals surface area contributed by atoms with Crippen molar-refractivity contribution < 1.29 is 4.74 Å². The molecule has 0 N–H and O–H groups in total. The van der Waals surface area contributed by atoms with Gasteiger partial charge in [-0.2, -0.15) is 5.10 Å². The first kappa shape index (κ1) is 19.2. The third kappa shape index (κ3) is 3.22. The molecule has 7 heteroatoms. The molecular formula is C24H30N6O. The summed E-state index contributed by atoms with van der Waals surface area (Å²) in [5, 5.41) is 5.82. The fraction of sp³-hybridized carbons (Fsp3) is 0.542. The maximum Gasteiger partial charge on any atom is 0.159 e. The molecule has 162 valence electrons. The Labute approximate surface area is 183 Å². The number of ether oxygens (including phenoxy) is 1. The topological polar surface area (TPSA) is 59.3 Å². The maximum absolute atomic E-state index is 5.39. The lowest BCUT2D eigenvalue weighted by Crippen LogP contribution is -2.60. The van der Waals surface area contributed by atoms with E-state index in [-0.39, 0.29) is 0 Å². The Hall–Kier alpha value is -2.51. The Balaban J connectivity index is 1.28. The highest BCUT2D eigenvalue weighted by Gasteiger charge is 2.35. The molecule has 1 atom stereocenters. The van der Waals surface area contributed by atoms with E-state index in [1.807, 2.05) is 10.9 Å². The van der Waals surface area contributed by atoms with Crippen LogP contribution in [0.4, 0.5) is 5.82 Å². The van der Waals surface area contributed by atoms with Gasteiger partial charge in [0.15, 0.2) is 5.82 Å². The van der Waals surface area contributed by atoms with Crippen molar-refractivity contribution in [1.29, 1.82) is 0 Å². The Morgan fingerprint density at radius 1 is 1.06 bits per heavy atom. The number of fused-ring (bicyclic) bond motifs is 1. The lowest BCUT2D eigenvalue weighted by atomic mass is 9.66. The van der Waals surface area contributed by atoms with Crippen LogP contribution in [0.1, 0.15) is 38.7 Å². The standard InChI is InChI=1S/C24H30N6O/c1-17-13-28(8-9-29(17)20-14-31-15-20)22-11-23(26-16-25-22)30-21-10-19(24(2)6-3-7-24)5-4-18(21)12-27-30/h4-5,10-12,16-17,20H,3,6-9,13-15H2,1-2H3/t17-/m1/s1. The van der Waals surface area contributed by atoms with Crippen LogP contribution in [0.25, 0.3) is 16.7 Å². The summed E-state index contributed by atoms with van der Waals surface area (Å²) in [5.74, 6) is 1.81. The van der Waals surface area contributed by atoms with E-state index in [4.69, 9.17) is 4.74 Å². The molecule has 2 saturated heterocycles. The predicted octanol–water partition coefficient (Wildman–Crippen LogP) is 3.17. The first-order chi connectivity index (χ1) is 15.1. The number of nitrogens with zero attached hydrogens (tertiary/aromatic N) is 6. The van der Waals surface area contributed by atoms with Gasteiger partial charge in [0.2, 0.25) is 0 Å². The zero-order valence-corrected chi connectivity index (χ0v) is 18.4. The molecule has 0 unspecified atom stereocenters. The van der Waals surface area contributed by atoms with Gasteiger partial charge < -0.3 is 9.64 Å². The summed E-state index contributed by atoms with van der Waals surface area (Å²) >= 11 is 0. The minimum Gasteiger partial charge on any atom is -0.378 e. The highest BCUT2D eigenvalue weighted by Crippen LogP contribution is 2.43. The fourth-order valence-corrected chi connectivity index (χ4v) is 5.34. The zero-order chi connectivity index (χ0) is 21.0. The van der Waals surface area contributed by atoms with Crippen molar-refractivity contribution in [1.82, 2.24) is 24.6 Å². The molecular weight excluding hydrogens is 388 g/mol. The minimum atomic E-state index is 0.307. The van der Waals surface area contributed by atoms with Gasteiger partial charge in [-0.1, -0.05) is 25.5 Å². The Morgan fingerprint density at radius 2 is 1.90 bits per heavy atom. The highest BCUT2D eigenvalue weighted by molar-refractivity contribution is 5.81. The number of hydrogen-bond donors (Lipinski definition) is 0. The van der Waals surface area contributed by atoms with Crippen LogP contribution < -0.4 is 4.90 Å². The SMILES string of the molecule is C[C@@H]1CN(c2cc(-n3ncc4ccc(C5(C)CCC5)cc43)ncn2)CCN1C1COC1. The third-order valence-corrected chi connectivity index (χ3v) is 7.67. The van der Waals surface area contributed by atoms with Gasteiger partial charge in [-0.05, 0) is 36.8 Å². The van der Waals surface area contributed by atoms with E-state index in [9.17, 15) is 0 Å². The van der Waals surface area contributed by atoms with E-state index >= 15 is 0 Å². The molecule has 7 nitrogen and oxygen atoms in total. The number of piperazine rings is 1. The van der Waals surface area contributed by atoms with E-state index in [1.165, 1.54) is 24.8 Å². The molecule has 3 aromatic rings. The predicted molar refractivity (Wildman–Crippen MR) is 121 cm³/mol. The van der Waals surface area contributed by atoms with Crippen molar-refractivity contribution >= 4 is 16.7 Å². The quantitative estimate of drug-likeness (QED) is 0.649. The van der Waals surface area contributed by atoms with Crippen molar-refractivity contribution in [2.75, 3.05) is 37.7 Å². The summed E-state index contributed by atoms with van der Waals surface area (Å²) < 4.78 is 7.36. The van der Waals surface area contributed by atoms with E-state index < -0.39 is 0 Å². The summed E-state index contributed by atoms with van der Waals surface area (Å²) in [6, 6.07) is 9.93. The van der Waals surface area contributed by atoms with Gasteiger partial charge in [0.05, 0.1) is 31.0 Å². The molecule has 6 rings (SSSR count).